The number of hydrogen-bond acceptors (Lipinski definition) is 12. The number of aliphatic carboxylic acids is 1. The van der Waals surface area contributed by atoms with Crippen molar-refractivity contribution in [3.63, 3.8) is 0 Å². The number of benzene rings is 2. The highest BCUT2D eigenvalue weighted by atomic mass is 16.4. The number of phenolic OH excluding ortho intramolecular Hbond substituents is 1. The Labute approximate surface area is 337 Å². The van der Waals surface area contributed by atoms with E-state index in [9.17, 15) is 54.0 Å². The van der Waals surface area contributed by atoms with E-state index in [4.69, 9.17) is 11.5 Å². The van der Waals surface area contributed by atoms with E-state index < -0.39 is 96.9 Å². The fraction of sp³-hybridized carbons (Fsp3) is 0.513. The second kappa shape index (κ2) is 24.9. The maximum Gasteiger partial charge on any atom is 0.328 e. The van der Waals surface area contributed by atoms with Gasteiger partial charge in [-0.25, -0.2) is 4.79 Å². The number of amides is 6. The molecule has 2 aromatic rings. The largest absolute Gasteiger partial charge is 0.508 e. The summed E-state index contributed by atoms with van der Waals surface area (Å²) in [6.45, 7) is 3.65. The third-order valence-electron chi connectivity index (χ3n) is 9.37. The van der Waals surface area contributed by atoms with Crippen molar-refractivity contribution in [1.82, 2.24) is 31.9 Å². The SMILES string of the molecule is CC[C@H](C)[C@H](N)C(=O)N[C@@H](CCCCN)C(=O)NCC(=O)N[C@@H](Cc1ccc(O)cc1)C(=O)N[C@@H](Cc1ccccc1)C(=O)N[C@H](C(=O)N[C@@H](CO)C(=O)O)[C@@H](C)O. The third kappa shape index (κ3) is 16.5. The van der Waals surface area contributed by atoms with Gasteiger partial charge in [0.05, 0.1) is 25.3 Å². The highest BCUT2D eigenvalue weighted by Gasteiger charge is 2.34. The maximum atomic E-state index is 14.0. The average molecular weight is 815 g/mol. The van der Waals surface area contributed by atoms with Gasteiger partial charge in [-0.2, -0.15) is 0 Å². The summed E-state index contributed by atoms with van der Waals surface area (Å²) >= 11 is 0. The van der Waals surface area contributed by atoms with Crippen LogP contribution in [0.15, 0.2) is 54.6 Å². The monoisotopic (exact) mass is 814 g/mol. The number of carbonyl (C=O) groups excluding carboxylic acids is 6. The lowest BCUT2D eigenvalue weighted by Crippen LogP contribution is -2.61. The molecule has 0 saturated carbocycles. The molecule has 0 aliphatic heterocycles. The Morgan fingerprint density at radius 2 is 1.24 bits per heavy atom. The van der Waals surface area contributed by atoms with Gasteiger partial charge in [0.15, 0.2) is 0 Å². The summed E-state index contributed by atoms with van der Waals surface area (Å²) in [6.07, 6.45) is 0.112. The summed E-state index contributed by atoms with van der Waals surface area (Å²) in [6, 6.07) is 6.11. The topological polar surface area (TPSA) is 325 Å². The first kappa shape index (κ1) is 48.5. The lowest BCUT2D eigenvalue weighted by Gasteiger charge is -2.27. The van der Waals surface area contributed by atoms with Crippen LogP contribution in [0.25, 0.3) is 0 Å². The number of phenols is 1. The summed E-state index contributed by atoms with van der Waals surface area (Å²) in [5.41, 5.74) is 12.7. The maximum absolute atomic E-state index is 14.0. The Balaban J connectivity index is 2.33. The van der Waals surface area contributed by atoms with Gasteiger partial charge in [-0.3, -0.25) is 28.8 Å². The van der Waals surface area contributed by atoms with E-state index in [1.807, 2.05) is 19.2 Å². The van der Waals surface area contributed by atoms with Gasteiger partial charge in [0, 0.05) is 12.8 Å². The summed E-state index contributed by atoms with van der Waals surface area (Å²) in [7, 11) is 0. The predicted octanol–water partition coefficient (Wildman–Crippen LogP) is -2.32. The van der Waals surface area contributed by atoms with Crippen LogP contribution >= 0.6 is 0 Å². The fourth-order valence-electron chi connectivity index (χ4n) is 5.59. The Morgan fingerprint density at radius 3 is 1.79 bits per heavy atom. The van der Waals surface area contributed by atoms with Crippen LogP contribution in [0.4, 0.5) is 0 Å². The Kier molecular flexibility index (Phi) is 20.8. The van der Waals surface area contributed by atoms with Crippen molar-refractivity contribution in [3.05, 3.63) is 65.7 Å². The van der Waals surface area contributed by atoms with Crippen LogP contribution in [0.5, 0.6) is 5.75 Å². The number of aliphatic hydroxyl groups is 2. The van der Waals surface area contributed by atoms with Gasteiger partial charge in [-0.05, 0) is 61.9 Å². The summed E-state index contributed by atoms with van der Waals surface area (Å²) < 4.78 is 0. The van der Waals surface area contributed by atoms with Crippen LogP contribution in [-0.4, -0.2) is 124 Å². The van der Waals surface area contributed by atoms with E-state index in [1.165, 1.54) is 31.2 Å². The molecule has 6 amide bonds. The van der Waals surface area contributed by atoms with Gasteiger partial charge in [-0.15, -0.1) is 0 Å². The third-order valence-corrected chi connectivity index (χ3v) is 9.37. The van der Waals surface area contributed by atoms with Crippen LogP contribution in [0.1, 0.15) is 57.6 Å². The first-order valence-electron chi connectivity index (χ1n) is 19.1. The molecule has 0 aliphatic rings. The minimum Gasteiger partial charge on any atom is -0.508 e. The van der Waals surface area contributed by atoms with Gasteiger partial charge >= 0.3 is 5.97 Å². The number of carbonyl (C=O) groups is 7. The summed E-state index contributed by atoms with van der Waals surface area (Å²) in [5, 5.41) is 53.4. The van der Waals surface area contributed by atoms with Crippen LogP contribution in [-0.2, 0) is 46.4 Å². The fourth-order valence-corrected chi connectivity index (χ4v) is 5.59. The van der Waals surface area contributed by atoms with Gasteiger partial charge in [-0.1, -0.05) is 62.7 Å². The molecule has 0 radical (unpaired) electrons. The molecule has 0 unspecified atom stereocenters. The molecule has 0 bridgehead atoms. The molecule has 2 rings (SSSR count). The smallest absolute Gasteiger partial charge is 0.328 e. The lowest BCUT2D eigenvalue weighted by molar-refractivity contribution is -0.144. The summed E-state index contributed by atoms with van der Waals surface area (Å²) in [4.78, 5) is 91.5. The highest BCUT2D eigenvalue weighted by Crippen LogP contribution is 2.13. The minimum atomic E-state index is -1.73. The highest BCUT2D eigenvalue weighted by molar-refractivity contribution is 5.96. The number of hydrogen-bond donors (Lipinski definition) is 12. The van der Waals surface area contributed by atoms with Gasteiger partial charge in [0.1, 0.15) is 36.0 Å². The Bertz CT molecular complexity index is 1660. The molecule has 8 atom stereocenters. The zero-order chi connectivity index (χ0) is 43.4. The molecular formula is C39H58N8O11. The standard InChI is InChI=1S/C39H58N8O11/c1-4-22(2)32(41)37(55)44-27(12-8-9-17-40)34(52)42-20-31(51)43-28(19-25-13-15-26(50)16-14-25)35(53)45-29(18-24-10-6-5-7-11-24)36(54)47-33(23(3)49)38(56)46-30(21-48)39(57)58/h5-7,10-11,13-16,22-23,27-30,32-33,48-50H,4,8-9,12,17-21,40-41H2,1-3H3,(H,42,52)(H,43,51)(H,44,55)(H,45,53)(H,46,56)(H,47,54)(H,57,58)/t22-,23+,27-,28-,29-,30-,32-,33-/m0/s1. The molecule has 2 aromatic carbocycles. The molecule has 19 nitrogen and oxygen atoms in total. The molecule has 14 N–H and O–H groups in total. The van der Waals surface area contributed by atoms with Crippen molar-refractivity contribution in [2.75, 3.05) is 19.7 Å². The summed E-state index contributed by atoms with van der Waals surface area (Å²) in [5.74, 6) is -6.70. The average Bonchev–Trinajstić information content (AvgIpc) is 3.20. The molecule has 0 saturated heterocycles. The van der Waals surface area contributed by atoms with Crippen LogP contribution in [0.3, 0.4) is 0 Å². The molecule has 320 valence electrons. The molecule has 0 heterocycles. The number of carboxylic acid groups (broad SMARTS) is 1. The second-order valence-electron chi connectivity index (χ2n) is 14.0. The van der Waals surface area contributed by atoms with Crippen LogP contribution in [0, 0.1) is 5.92 Å². The van der Waals surface area contributed by atoms with E-state index in [0.717, 1.165) is 0 Å². The van der Waals surface area contributed by atoms with Crippen LogP contribution < -0.4 is 43.4 Å². The number of nitrogens with one attached hydrogen (secondary N) is 6. The van der Waals surface area contributed by atoms with Crippen molar-refractivity contribution in [2.24, 2.45) is 17.4 Å². The Morgan fingerprint density at radius 1 is 0.690 bits per heavy atom. The van der Waals surface area contributed by atoms with E-state index in [0.29, 0.717) is 36.9 Å². The van der Waals surface area contributed by atoms with Gasteiger partial charge in [0.2, 0.25) is 35.4 Å². The van der Waals surface area contributed by atoms with Crippen LogP contribution in [0.2, 0.25) is 0 Å². The van der Waals surface area contributed by atoms with Crippen molar-refractivity contribution < 1.29 is 54.0 Å². The van der Waals surface area contributed by atoms with Crippen molar-refractivity contribution >= 4 is 41.4 Å². The van der Waals surface area contributed by atoms with E-state index in [-0.39, 0.29) is 30.9 Å². The zero-order valence-corrected chi connectivity index (χ0v) is 33.0. The first-order chi connectivity index (χ1) is 27.5. The number of carboxylic acids is 1. The molecule has 0 aliphatic carbocycles. The normalized spacial score (nSPS) is 15.2. The zero-order valence-electron chi connectivity index (χ0n) is 33.0. The molecule has 0 fully saturated rings. The molecule has 0 spiro atoms. The number of aromatic hydroxyl groups is 1. The lowest BCUT2D eigenvalue weighted by atomic mass is 9.98. The van der Waals surface area contributed by atoms with Crippen molar-refractivity contribution in [3.8, 4) is 5.75 Å². The van der Waals surface area contributed by atoms with Gasteiger partial charge < -0.3 is 63.8 Å². The van der Waals surface area contributed by atoms with Crippen molar-refractivity contribution in [1.29, 1.82) is 0 Å². The molecule has 58 heavy (non-hydrogen) atoms. The van der Waals surface area contributed by atoms with E-state index in [1.54, 1.807) is 30.3 Å². The first-order valence-corrected chi connectivity index (χ1v) is 19.1. The number of aliphatic hydroxyl groups excluding tert-OH is 2. The predicted molar refractivity (Wildman–Crippen MR) is 211 cm³/mol. The second-order valence-corrected chi connectivity index (χ2v) is 14.0. The number of unbranched alkanes of at least 4 members (excludes halogenated alkanes) is 1. The van der Waals surface area contributed by atoms with Gasteiger partial charge in [0.25, 0.3) is 0 Å². The number of rotatable bonds is 25. The van der Waals surface area contributed by atoms with E-state index >= 15 is 0 Å². The molecule has 0 aromatic heterocycles. The number of nitrogens with two attached hydrogens (primary N) is 2. The minimum absolute atomic E-state index is 0.0559. The van der Waals surface area contributed by atoms with Crippen molar-refractivity contribution in [2.45, 2.75) is 102 Å². The molecular weight excluding hydrogens is 756 g/mol. The quantitative estimate of drug-likeness (QED) is 0.0469. The van der Waals surface area contributed by atoms with E-state index in [2.05, 4.69) is 26.6 Å². The Hall–Kier alpha value is -5.63. The molecule has 19 heteroatoms.